The molecule has 1 atom stereocenters. The molecule has 0 bridgehead atoms. The molecule has 1 aromatic carbocycles. The maximum atomic E-state index is 13.4. The lowest BCUT2D eigenvalue weighted by atomic mass is 9.76. The van der Waals surface area contributed by atoms with Gasteiger partial charge in [-0.2, -0.15) is 5.10 Å². The zero-order valence-corrected chi connectivity index (χ0v) is 21.5. The van der Waals surface area contributed by atoms with E-state index >= 15 is 0 Å². The van der Waals surface area contributed by atoms with Crippen molar-refractivity contribution in [3.05, 3.63) is 35.5 Å². The molecule has 2 N–H and O–H groups in total. The molecule has 1 fully saturated rings. The Kier molecular flexibility index (Phi) is 6.61. The topological polar surface area (TPSA) is 104 Å². The lowest BCUT2D eigenvalue weighted by Gasteiger charge is -2.34. The molecule has 0 saturated carbocycles. The van der Waals surface area contributed by atoms with Crippen molar-refractivity contribution >= 4 is 28.4 Å². The van der Waals surface area contributed by atoms with Gasteiger partial charge in [0.05, 0.1) is 24.9 Å². The number of hydrogen-bond donors (Lipinski definition) is 2. The first kappa shape index (κ1) is 24.5. The number of rotatable bonds is 7. The van der Waals surface area contributed by atoms with Gasteiger partial charge in [0.2, 0.25) is 11.8 Å². The van der Waals surface area contributed by atoms with Gasteiger partial charge in [0.15, 0.2) is 0 Å². The predicted octanol–water partition coefficient (Wildman–Crippen LogP) is 3.30. The summed E-state index contributed by atoms with van der Waals surface area (Å²) in [6.07, 6.45) is 3.14. The minimum atomic E-state index is -0.163. The van der Waals surface area contributed by atoms with Crippen LogP contribution in [0.5, 0.6) is 0 Å². The number of hydrogen-bond acceptors (Lipinski definition) is 5. The number of anilines is 1. The summed E-state index contributed by atoms with van der Waals surface area (Å²) in [5.41, 5.74) is 6.45. The van der Waals surface area contributed by atoms with E-state index in [2.05, 4.69) is 35.1 Å². The third kappa shape index (κ3) is 4.77. The fraction of sp³-hybridized carbons (Fsp3) is 0.519. The van der Waals surface area contributed by atoms with Crippen molar-refractivity contribution in [2.24, 2.45) is 5.41 Å². The summed E-state index contributed by atoms with van der Waals surface area (Å²) in [5, 5.41) is 8.96. The van der Waals surface area contributed by atoms with Crippen molar-refractivity contribution in [1.82, 2.24) is 20.1 Å². The summed E-state index contributed by atoms with van der Waals surface area (Å²) in [4.78, 5) is 32.5. The van der Waals surface area contributed by atoms with Gasteiger partial charge in [-0.05, 0) is 49.8 Å². The molecule has 9 nitrogen and oxygen atoms in total. The second kappa shape index (κ2) is 9.71. The van der Waals surface area contributed by atoms with Crippen molar-refractivity contribution in [1.29, 1.82) is 0 Å². The minimum absolute atomic E-state index is 0.0108. The highest BCUT2D eigenvalue weighted by Gasteiger charge is 2.31. The van der Waals surface area contributed by atoms with Crippen molar-refractivity contribution in [3.8, 4) is 11.4 Å². The first-order valence-electron chi connectivity index (χ1n) is 12.6. The first-order valence-corrected chi connectivity index (χ1v) is 12.6. The van der Waals surface area contributed by atoms with Gasteiger partial charge in [-0.25, -0.2) is 0 Å². The Bertz CT molecular complexity index is 1280. The SMILES string of the molecule is COCCN(C(=O)CN1C(=O)COC[C@@H]1C)c1ccc2cc(-c3n[nH]c4c3CCC(C)(C)C4)[nH]c2c1. The second-order valence-electron chi connectivity index (χ2n) is 10.7. The molecule has 0 unspecified atom stereocenters. The monoisotopic (exact) mass is 493 g/mol. The summed E-state index contributed by atoms with van der Waals surface area (Å²) in [6.45, 7) is 7.73. The Labute approximate surface area is 211 Å². The van der Waals surface area contributed by atoms with Crippen LogP contribution in [0.4, 0.5) is 5.69 Å². The summed E-state index contributed by atoms with van der Waals surface area (Å²) in [6, 6.07) is 7.92. The standard InChI is InChI=1S/C27H35N5O4/c1-17-15-36-16-25(34)32(17)14-24(33)31(9-10-35-4)19-6-5-18-11-22(28-21(18)12-19)26-20-7-8-27(2,3)13-23(20)29-30-26/h5-6,11-12,17,28H,7-10,13-16H2,1-4H3,(H,29,30)/t17-/m0/s1. The molecular formula is C27H35N5O4. The van der Waals surface area contributed by atoms with Crippen LogP contribution in [0.3, 0.4) is 0 Å². The van der Waals surface area contributed by atoms with E-state index in [0.29, 0.717) is 19.8 Å². The number of carbonyl (C=O) groups is 2. The summed E-state index contributed by atoms with van der Waals surface area (Å²) >= 11 is 0. The zero-order chi connectivity index (χ0) is 25.4. The minimum Gasteiger partial charge on any atom is -0.383 e. The highest BCUT2D eigenvalue weighted by molar-refractivity contribution is 5.99. The van der Waals surface area contributed by atoms with Gasteiger partial charge < -0.3 is 24.3 Å². The molecule has 9 heteroatoms. The third-order valence-electron chi connectivity index (χ3n) is 7.40. The van der Waals surface area contributed by atoms with Gasteiger partial charge in [0, 0.05) is 41.5 Å². The number of H-pyrrole nitrogens is 2. The second-order valence-corrected chi connectivity index (χ2v) is 10.7. The van der Waals surface area contributed by atoms with Gasteiger partial charge in [-0.3, -0.25) is 14.7 Å². The van der Waals surface area contributed by atoms with Gasteiger partial charge in [-0.1, -0.05) is 19.9 Å². The molecule has 36 heavy (non-hydrogen) atoms. The number of nitrogens with zero attached hydrogens (tertiary/aromatic N) is 3. The molecule has 3 aromatic rings. The Hall–Kier alpha value is -3.17. The largest absolute Gasteiger partial charge is 0.383 e. The highest BCUT2D eigenvalue weighted by Crippen LogP contribution is 2.38. The molecule has 2 aromatic heterocycles. The maximum Gasteiger partial charge on any atom is 0.249 e. The van der Waals surface area contributed by atoms with Crippen molar-refractivity contribution in [3.63, 3.8) is 0 Å². The lowest BCUT2D eigenvalue weighted by Crippen LogP contribution is -2.52. The van der Waals surface area contributed by atoms with Gasteiger partial charge in [0.1, 0.15) is 18.8 Å². The number of benzene rings is 1. The average Bonchev–Trinajstić information content (AvgIpc) is 3.44. The zero-order valence-electron chi connectivity index (χ0n) is 21.5. The Balaban J connectivity index is 1.42. The van der Waals surface area contributed by atoms with Crippen LogP contribution in [0.1, 0.15) is 38.4 Å². The van der Waals surface area contributed by atoms with Gasteiger partial charge in [-0.15, -0.1) is 0 Å². The van der Waals surface area contributed by atoms with Gasteiger partial charge >= 0.3 is 0 Å². The molecular weight excluding hydrogens is 458 g/mol. The number of carbonyl (C=O) groups excluding carboxylic acids is 2. The fourth-order valence-corrected chi connectivity index (χ4v) is 5.27. The van der Waals surface area contributed by atoms with E-state index in [1.54, 1.807) is 16.9 Å². The molecule has 2 aliphatic rings. The third-order valence-corrected chi connectivity index (χ3v) is 7.40. The Morgan fingerprint density at radius 1 is 1.33 bits per heavy atom. The Morgan fingerprint density at radius 2 is 2.17 bits per heavy atom. The van der Waals surface area contributed by atoms with Crippen molar-refractivity contribution in [2.75, 3.05) is 44.9 Å². The van der Waals surface area contributed by atoms with E-state index in [-0.39, 0.29) is 36.4 Å². The number of morpholine rings is 1. The molecule has 1 aliphatic heterocycles. The Morgan fingerprint density at radius 3 is 2.94 bits per heavy atom. The quantitative estimate of drug-likeness (QED) is 0.526. The van der Waals surface area contributed by atoms with Crippen LogP contribution in [0, 0.1) is 5.41 Å². The molecule has 1 aliphatic carbocycles. The molecule has 3 heterocycles. The molecule has 5 rings (SSSR count). The molecule has 2 amide bonds. The van der Waals surface area contributed by atoms with E-state index < -0.39 is 0 Å². The maximum absolute atomic E-state index is 13.4. The molecule has 0 radical (unpaired) electrons. The summed E-state index contributed by atoms with van der Waals surface area (Å²) in [5.74, 6) is -0.312. The summed E-state index contributed by atoms with van der Waals surface area (Å²) in [7, 11) is 1.61. The first-order chi connectivity index (χ1) is 17.3. The predicted molar refractivity (Wildman–Crippen MR) is 138 cm³/mol. The number of fused-ring (bicyclic) bond motifs is 2. The van der Waals surface area contributed by atoms with Crippen LogP contribution in [0.25, 0.3) is 22.3 Å². The molecule has 0 spiro atoms. The lowest BCUT2D eigenvalue weighted by molar-refractivity contribution is -0.149. The van der Waals surface area contributed by atoms with Crippen LogP contribution in [0.15, 0.2) is 24.3 Å². The number of aromatic nitrogens is 3. The molecule has 1 saturated heterocycles. The normalized spacial score (nSPS) is 19.5. The van der Waals surface area contributed by atoms with Crippen LogP contribution < -0.4 is 4.90 Å². The van der Waals surface area contributed by atoms with Crippen LogP contribution >= 0.6 is 0 Å². The van der Waals surface area contributed by atoms with Crippen LogP contribution in [-0.4, -0.2) is 78.0 Å². The number of amides is 2. The number of ether oxygens (including phenoxy) is 2. The van der Waals surface area contributed by atoms with E-state index in [1.165, 1.54) is 11.3 Å². The van der Waals surface area contributed by atoms with Gasteiger partial charge in [0.25, 0.3) is 0 Å². The van der Waals surface area contributed by atoms with Crippen molar-refractivity contribution < 1.29 is 19.1 Å². The van der Waals surface area contributed by atoms with Crippen LogP contribution in [0.2, 0.25) is 0 Å². The van der Waals surface area contributed by atoms with E-state index in [0.717, 1.165) is 47.2 Å². The fourth-order valence-electron chi connectivity index (χ4n) is 5.27. The summed E-state index contributed by atoms with van der Waals surface area (Å²) < 4.78 is 10.6. The van der Waals surface area contributed by atoms with Crippen LogP contribution in [-0.2, 0) is 31.9 Å². The smallest absolute Gasteiger partial charge is 0.249 e. The van der Waals surface area contributed by atoms with Crippen molar-refractivity contribution in [2.45, 2.75) is 46.1 Å². The van der Waals surface area contributed by atoms with E-state index in [1.807, 2.05) is 25.1 Å². The van der Waals surface area contributed by atoms with E-state index in [9.17, 15) is 9.59 Å². The molecule has 192 valence electrons. The van der Waals surface area contributed by atoms with E-state index in [4.69, 9.17) is 9.47 Å². The number of nitrogens with one attached hydrogen (secondary N) is 2. The number of methoxy groups -OCH3 is 1. The highest BCUT2D eigenvalue weighted by atomic mass is 16.5. The average molecular weight is 494 g/mol. The number of aromatic amines is 2.